The van der Waals surface area contributed by atoms with E-state index in [1.165, 1.54) is 12.3 Å². The van der Waals surface area contributed by atoms with E-state index in [2.05, 4.69) is 18.7 Å². The first kappa shape index (κ1) is 14.1. The summed E-state index contributed by atoms with van der Waals surface area (Å²) in [6.07, 6.45) is 3.19. The van der Waals surface area contributed by atoms with Gasteiger partial charge in [0.05, 0.1) is 6.26 Å². The zero-order chi connectivity index (χ0) is 14.0. The molecule has 1 atom stereocenters. The summed E-state index contributed by atoms with van der Waals surface area (Å²) in [6, 6.07) is 1.83. The minimum atomic E-state index is -1.17. The van der Waals surface area contributed by atoms with Gasteiger partial charge in [-0.05, 0) is 45.7 Å². The summed E-state index contributed by atoms with van der Waals surface area (Å²) >= 11 is 0. The van der Waals surface area contributed by atoms with Gasteiger partial charge < -0.3 is 19.5 Å². The molecule has 0 spiro atoms. The Morgan fingerprint density at radius 3 is 2.79 bits per heavy atom. The summed E-state index contributed by atoms with van der Waals surface area (Å²) in [7, 11) is 0. The zero-order valence-corrected chi connectivity index (χ0v) is 11.4. The van der Waals surface area contributed by atoms with E-state index in [4.69, 9.17) is 9.52 Å². The number of nitrogens with zero attached hydrogens (tertiary/aromatic N) is 1. The van der Waals surface area contributed by atoms with Crippen LogP contribution in [0.5, 0.6) is 0 Å². The van der Waals surface area contributed by atoms with E-state index in [1.54, 1.807) is 0 Å². The van der Waals surface area contributed by atoms with Crippen molar-refractivity contribution >= 4 is 5.97 Å². The van der Waals surface area contributed by atoms with Gasteiger partial charge in [-0.15, -0.1) is 0 Å². The highest BCUT2D eigenvalue weighted by Crippen LogP contribution is 2.35. The summed E-state index contributed by atoms with van der Waals surface area (Å²) in [4.78, 5) is 13.4. The van der Waals surface area contributed by atoms with Crippen LogP contribution >= 0.6 is 0 Å². The average Bonchev–Trinajstić information content (AvgIpc) is 2.75. The van der Waals surface area contributed by atoms with Crippen molar-refractivity contribution in [3.05, 3.63) is 23.7 Å². The Balaban J connectivity index is 2.23. The molecule has 0 saturated carbocycles. The monoisotopic (exact) mass is 267 g/mol. The van der Waals surface area contributed by atoms with Crippen molar-refractivity contribution in [2.24, 2.45) is 0 Å². The smallest absolute Gasteiger partial charge is 0.339 e. The molecular weight excluding hydrogens is 246 g/mol. The molecule has 2 N–H and O–H groups in total. The van der Waals surface area contributed by atoms with E-state index in [0.29, 0.717) is 18.9 Å². The molecule has 1 aromatic rings. The summed E-state index contributed by atoms with van der Waals surface area (Å²) in [5, 5.41) is 19.9. The molecule has 0 amide bonds. The highest BCUT2D eigenvalue weighted by molar-refractivity contribution is 5.89. The highest BCUT2D eigenvalue weighted by atomic mass is 16.4. The van der Waals surface area contributed by atoms with Gasteiger partial charge in [0, 0.05) is 12.6 Å². The summed E-state index contributed by atoms with van der Waals surface area (Å²) in [5.41, 5.74) is -1.10. The Morgan fingerprint density at radius 2 is 2.16 bits per heavy atom. The number of hydrogen-bond donors (Lipinski definition) is 2. The van der Waals surface area contributed by atoms with Crippen LogP contribution in [0, 0.1) is 0 Å². The molecule has 0 aliphatic carbocycles. The molecule has 1 fully saturated rings. The van der Waals surface area contributed by atoms with E-state index >= 15 is 0 Å². The maximum atomic E-state index is 11.1. The minimum Gasteiger partial charge on any atom is -0.478 e. The van der Waals surface area contributed by atoms with Crippen LogP contribution in [0.15, 0.2) is 16.7 Å². The van der Waals surface area contributed by atoms with Gasteiger partial charge in [0.1, 0.15) is 16.9 Å². The lowest BCUT2D eigenvalue weighted by Gasteiger charge is -2.27. The lowest BCUT2D eigenvalue weighted by atomic mass is 9.90. The number of hydrogen-bond acceptors (Lipinski definition) is 4. The molecule has 2 rings (SSSR count). The van der Waals surface area contributed by atoms with E-state index in [9.17, 15) is 9.90 Å². The van der Waals surface area contributed by atoms with Crippen LogP contribution in [0.3, 0.4) is 0 Å². The molecule has 106 valence electrons. The molecule has 1 aliphatic heterocycles. The van der Waals surface area contributed by atoms with Crippen LogP contribution in [0.25, 0.3) is 0 Å². The molecule has 1 unspecified atom stereocenters. The number of furan rings is 1. The fraction of sp³-hybridized carbons (Fsp3) is 0.643. The van der Waals surface area contributed by atoms with Gasteiger partial charge in [-0.2, -0.15) is 0 Å². The third kappa shape index (κ3) is 2.82. The SMILES string of the molecule is CC(C)N1CCCC(O)(c2occc2C(=O)O)CC1. The third-order valence-corrected chi connectivity index (χ3v) is 3.90. The van der Waals surface area contributed by atoms with Crippen molar-refractivity contribution in [1.82, 2.24) is 4.90 Å². The largest absolute Gasteiger partial charge is 0.478 e. The van der Waals surface area contributed by atoms with Crippen molar-refractivity contribution in [2.75, 3.05) is 13.1 Å². The molecule has 0 aromatic carbocycles. The number of aliphatic hydroxyl groups is 1. The Kier molecular flexibility index (Phi) is 3.96. The maximum absolute atomic E-state index is 11.1. The average molecular weight is 267 g/mol. The predicted molar refractivity (Wildman–Crippen MR) is 70.1 cm³/mol. The number of aromatic carboxylic acids is 1. The zero-order valence-electron chi connectivity index (χ0n) is 11.4. The standard InChI is InChI=1S/C14H21NO4/c1-10(2)15-7-3-5-14(18,6-8-15)12-11(13(16)17)4-9-19-12/h4,9-10,18H,3,5-8H2,1-2H3,(H,16,17). The van der Waals surface area contributed by atoms with Gasteiger partial charge in [-0.25, -0.2) is 4.79 Å². The van der Waals surface area contributed by atoms with Crippen molar-refractivity contribution in [3.8, 4) is 0 Å². The molecule has 1 saturated heterocycles. The Morgan fingerprint density at radius 1 is 1.42 bits per heavy atom. The number of carboxylic acid groups (broad SMARTS) is 1. The van der Waals surface area contributed by atoms with E-state index in [0.717, 1.165) is 19.5 Å². The number of carboxylic acids is 1. The van der Waals surface area contributed by atoms with Gasteiger partial charge in [0.15, 0.2) is 0 Å². The molecule has 5 heteroatoms. The highest BCUT2D eigenvalue weighted by Gasteiger charge is 2.38. The lowest BCUT2D eigenvalue weighted by Crippen LogP contribution is -2.33. The summed E-state index contributed by atoms with van der Waals surface area (Å²) < 4.78 is 5.27. The summed E-state index contributed by atoms with van der Waals surface area (Å²) in [6.45, 7) is 5.91. The predicted octanol–water partition coefficient (Wildman–Crippen LogP) is 2.06. The number of carbonyl (C=O) groups is 1. The van der Waals surface area contributed by atoms with Gasteiger partial charge in [-0.1, -0.05) is 0 Å². The lowest BCUT2D eigenvalue weighted by molar-refractivity contribution is -0.00192. The molecule has 2 heterocycles. The first-order chi connectivity index (χ1) is 8.94. The third-order valence-electron chi connectivity index (χ3n) is 3.90. The molecule has 5 nitrogen and oxygen atoms in total. The van der Waals surface area contributed by atoms with Crippen molar-refractivity contribution in [3.63, 3.8) is 0 Å². The topological polar surface area (TPSA) is 73.9 Å². The second kappa shape index (κ2) is 5.35. The summed E-state index contributed by atoms with van der Waals surface area (Å²) in [5.74, 6) is -0.854. The molecule has 1 aromatic heterocycles. The van der Waals surface area contributed by atoms with E-state index in [-0.39, 0.29) is 11.3 Å². The molecular formula is C14H21NO4. The van der Waals surface area contributed by atoms with Crippen molar-refractivity contribution in [2.45, 2.75) is 44.8 Å². The van der Waals surface area contributed by atoms with Crippen LogP contribution in [-0.2, 0) is 5.60 Å². The van der Waals surface area contributed by atoms with Crippen LogP contribution in [0.4, 0.5) is 0 Å². The molecule has 0 radical (unpaired) electrons. The molecule has 19 heavy (non-hydrogen) atoms. The quantitative estimate of drug-likeness (QED) is 0.877. The first-order valence-corrected chi connectivity index (χ1v) is 6.72. The van der Waals surface area contributed by atoms with Crippen LogP contribution in [-0.4, -0.2) is 40.2 Å². The Bertz CT molecular complexity index is 454. The molecule has 1 aliphatic rings. The Labute approximate surface area is 112 Å². The van der Waals surface area contributed by atoms with Crippen molar-refractivity contribution < 1.29 is 19.4 Å². The van der Waals surface area contributed by atoms with E-state index < -0.39 is 11.6 Å². The number of rotatable bonds is 3. The fourth-order valence-electron chi connectivity index (χ4n) is 2.72. The van der Waals surface area contributed by atoms with Crippen LogP contribution < -0.4 is 0 Å². The van der Waals surface area contributed by atoms with Gasteiger partial charge in [0.25, 0.3) is 0 Å². The Hall–Kier alpha value is -1.33. The molecule has 0 bridgehead atoms. The normalized spacial score (nSPS) is 25.5. The van der Waals surface area contributed by atoms with E-state index in [1.807, 2.05) is 0 Å². The van der Waals surface area contributed by atoms with Crippen LogP contribution in [0.2, 0.25) is 0 Å². The second-order valence-electron chi connectivity index (χ2n) is 5.48. The maximum Gasteiger partial charge on any atom is 0.339 e. The fourth-order valence-corrected chi connectivity index (χ4v) is 2.72. The second-order valence-corrected chi connectivity index (χ2v) is 5.48. The first-order valence-electron chi connectivity index (χ1n) is 6.72. The van der Waals surface area contributed by atoms with Crippen molar-refractivity contribution in [1.29, 1.82) is 0 Å². The minimum absolute atomic E-state index is 0.0699. The van der Waals surface area contributed by atoms with Gasteiger partial charge in [-0.3, -0.25) is 0 Å². The van der Waals surface area contributed by atoms with Gasteiger partial charge >= 0.3 is 5.97 Å². The van der Waals surface area contributed by atoms with Gasteiger partial charge in [0.2, 0.25) is 0 Å². The van der Waals surface area contributed by atoms with Crippen LogP contribution in [0.1, 0.15) is 49.2 Å². The number of likely N-dealkylation sites (tertiary alicyclic amines) is 1.